The zero-order chi connectivity index (χ0) is 19.8. The van der Waals surface area contributed by atoms with Gasteiger partial charge in [0.25, 0.3) is 0 Å². The van der Waals surface area contributed by atoms with Crippen molar-refractivity contribution in [3.05, 3.63) is 59.0 Å². The number of ether oxygens (including phenoxy) is 1. The van der Waals surface area contributed by atoms with Crippen molar-refractivity contribution in [3.8, 4) is 17.3 Å². The van der Waals surface area contributed by atoms with Crippen molar-refractivity contribution < 1.29 is 17.9 Å². The van der Waals surface area contributed by atoms with Gasteiger partial charge >= 0.3 is 6.18 Å². The number of halogens is 4. The average Bonchev–Trinajstić information content (AvgIpc) is 2.97. The zero-order valence-corrected chi connectivity index (χ0v) is 15.5. The van der Waals surface area contributed by atoms with Crippen LogP contribution in [-0.2, 0) is 18.8 Å². The predicted octanol–water partition coefficient (Wildman–Crippen LogP) is 4.86. The first-order valence-corrected chi connectivity index (χ1v) is 8.34. The van der Waals surface area contributed by atoms with Crippen LogP contribution in [0.2, 0.25) is 5.02 Å². The van der Waals surface area contributed by atoms with E-state index in [-0.39, 0.29) is 5.88 Å². The van der Waals surface area contributed by atoms with Crippen molar-refractivity contribution in [1.29, 1.82) is 0 Å². The molecule has 0 saturated heterocycles. The summed E-state index contributed by atoms with van der Waals surface area (Å²) in [5, 5.41) is 8.89. The van der Waals surface area contributed by atoms with E-state index in [9.17, 15) is 13.2 Å². The fourth-order valence-corrected chi connectivity index (χ4v) is 2.87. The minimum absolute atomic E-state index is 0.0512. The molecule has 0 spiro atoms. The number of aromatic nitrogens is 4. The van der Waals surface area contributed by atoms with E-state index < -0.39 is 17.3 Å². The van der Waals surface area contributed by atoms with E-state index in [1.807, 2.05) is 18.2 Å². The molecule has 0 aliphatic rings. The lowest BCUT2D eigenvalue weighted by molar-refractivity contribution is -0.137. The summed E-state index contributed by atoms with van der Waals surface area (Å²) in [6, 6.07) is 9.32. The Morgan fingerprint density at radius 2 is 1.74 bits per heavy atom. The summed E-state index contributed by atoms with van der Waals surface area (Å²) in [5.41, 5.74) is -1.12. The van der Waals surface area contributed by atoms with Crippen LogP contribution in [0.3, 0.4) is 0 Å². The first-order chi connectivity index (χ1) is 12.6. The average molecular weight is 397 g/mol. The second kappa shape index (κ2) is 6.84. The smallest absolute Gasteiger partial charge is 0.417 e. The monoisotopic (exact) mass is 396 g/mol. The molecule has 2 aromatic heterocycles. The zero-order valence-electron chi connectivity index (χ0n) is 14.8. The van der Waals surface area contributed by atoms with Gasteiger partial charge in [-0.2, -0.15) is 13.2 Å². The van der Waals surface area contributed by atoms with Crippen LogP contribution in [0.25, 0.3) is 11.4 Å². The minimum Gasteiger partial charge on any atom is -0.463 e. The molecule has 0 aliphatic carbocycles. The molecule has 0 radical (unpaired) electrons. The molecule has 3 rings (SSSR count). The molecule has 9 heteroatoms. The molecule has 0 fully saturated rings. The van der Waals surface area contributed by atoms with Crippen LogP contribution in [0.1, 0.15) is 25.2 Å². The summed E-state index contributed by atoms with van der Waals surface area (Å²) in [7, 11) is 1.76. The summed E-state index contributed by atoms with van der Waals surface area (Å²) >= 11 is 6.22. The molecule has 1 aromatic carbocycles. The Kier molecular flexibility index (Phi) is 4.86. The highest BCUT2D eigenvalue weighted by molar-refractivity contribution is 6.33. The molecule has 0 unspecified atom stereocenters. The maximum absolute atomic E-state index is 12.7. The van der Waals surface area contributed by atoms with Crippen molar-refractivity contribution in [2.75, 3.05) is 0 Å². The summed E-state index contributed by atoms with van der Waals surface area (Å²) in [6.45, 7) is 3.46. The van der Waals surface area contributed by atoms with Gasteiger partial charge in [-0.3, -0.25) is 0 Å². The Morgan fingerprint density at radius 3 is 2.33 bits per heavy atom. The Labute approximate surface area is 158 Å². The van der Waals surface area contributed by atoms with Gasteiger partial charge in [0.2, 0.25) is 5.88 Å². The van der Waals surface area contributed by atoms with Crippen LogP contribution in [0.5, 0.6) is 5.88 Å². The van der Waals surface area contributed by atoms with E-state index in [2.05, 4.69) is 15.2 Å². The van der Waals surface area contributed by atoms with Crippen molar-refractivity contribution in [2.45, 2.75) is 25.6 Å². The number of pyridine rings is 1. The fourth-order valence-electron chi connectivity index (χ4n) is 2.65. The topological polar surface area (TPSA) is 52.8 Å². The van der Waals surface area contributed by atoms with Gasteiger partial charge in [0.1, 0.15) is 0 Å². The normalized spacial score (nSPS) is 12.3. The van der Waals surface area contributed by atoms with Crippen LogP contribution >= 0.6 is 11.6 Å². The number of nitrogens with zero attached hydrogens (tertiary/aromatic N) is 4. The highest BCUT2D eigenvalue weighted by Gasteiger charge is 2.33. The molecule has 5 nitrogen and oxygen atoms in total. The first-order valence-electron chi connectivity index (χ1n) is 7.96. The summed E-state index contributed by atoms with van der Waals surface area (Å²) in [5.74, 6) is 1.07. The number of hydrogen-bond acceptors (Lipinski definition) is 4. The van der Waals surface area contributed by atoms with Crippen LogP contribution in [0.4, 0.5) is 13.2 Å². The lowest BCUT2D eigenvalue weighted by Crippen LogP contribution is -2.29. The third-order valence-electron chi connectivity index (χ3n) is 3.95. The van der Waals surface area contributed by atoms with Gasteiger partial charge in [-0.1, -0.05) is 23.7 Å². The third-order valence-corrected chi connectivity index (χ3v) is 4.28. The van der Waals surface area contributed by atoms with Crippen molar-refractivity contribution in [3.63, 3.8) is 0 Å². The molecule has 142 valence electrons. The van der Waals surface area contributed by atoms with E-state index in [0.717, 1.165) is 12.3 Å². The molecule has 0 N–H and O–H groups in total. The standard InChI is InChI=1S/C18H16ClF3N4O/c1-17(2,27-14-9-8-11(10-23-14)18(20,21)22)16-25-24-15(26(16)3)12-6-4-5-7-13(12)19/h4-10H,1-3H3. The van der Waals surface area contributed by atoms with Gasteiger partial charge < -0.3 is 9.30 Å². The highest BCUT2D eigenvalue weighted by Crippen LogP contribution is 2.32. The molecule has 3 aromatic rings. The van der Waals surface area contributed by atoms with Crippen molar-refractivity contribution in [1.82, 2.24) is 19.7 Å². The minimum atomic E-state index is -4.45. The predicted molar refractivity (Wildman–Crippen MR) is 94.3 cm³/mol. The molecule has 0 saturated carbocycles. The number of alkyl halides is 3. The summed E-state index contributed by atoms with van der Waals surface area (Å²) in [4.78, 5) is 3.74. The van der Waals surface area contributed by atoms with Crippen LogP contribution in [0, 0.1) is 0 Å². The second-order valence-corrected chi connectivity index (χ2v) is 6.79. The van der Waals surface area contributed by atoms with Crippen molar-refractivity contribution in [2.24, 2.45) is 7.05 Å². The van der Waals surface area contributed by atoms with Gasteiger partial charge in [0, 0.05) is 24.9 Å². The van der Waals surface area contributed by atoms with Crippen LogP contribution in [0.15, 0.2) is 42.6 Å². The quantitative estimate of drug-likeness (QED) is 0.631. The number of hydrogen-bond donors (Lipinski definition) is 0. The van der Waals surface area contributed by atoms with E-state index >= 15 is 0 Å². The van der Waals surface area contributed by atoms with Gasteiger partial charge in [-0.25, -0.2) is 4.98 Å². The molecule has 0 atom stereocenters. The van der Waals surface area contributed by atoms with Gasteiger partial charge in [-0.15, -0.1) is 10.2 Å². The maximum atomic E-state index is 12.7. The van der Waals surface area contributed by atoms with Crippen LogP contribution < -0.4 is 4.74 Å². The Balaban J connectivity index is 1.89. The molecule has 2 heterocycles. The maximum Gasteiger partial charge on any atom is 0.417 e. The lowest BCUT2D eigenvalue weighted by atomic mass is 10.1. The highest BCUT2D eigenvalue weighted by atomic mass is 35.5. The third kappa shape index (κ3) is 3.90. The molecule has 0 amide bonds. The van der Waals surface area contributed by atoms with Crippen LogP contribution in [-0.4, -0.2) is 19.7 Å². The lowest BCUT2D eigenvalue weighted by Gasteiger charge is -2.25. The molecular weight excluding hydrogens is 381 g/mol. The van der Waals surface area contributed by atoms with E-state index in [0.29, 0.717) is 22.2 Å². The summed E-state index contributed by atoms with van der Waals surface area (Å²) in [6.07, 6.45) is -3.72. The van der Waals surface area contributed by atoms with E-state index in [1.54, 1.807) is 31.5 Å². The number of rotatable bonds is 4. The Hall–Kier alpha value is -2.61. The number of benzene rings is 1. The summed E-state index contributed by atoms with van der Waals surface area (Å²) < 4.78 is 45.5. The second-order valence-electron chi connectivity index (χ2n) is 6.38. The Bertz CT molecular complexity index is 952. The van der Waals surface area contributed by atoms with Gasteiger partial charge in [-0.05, 0) is 32.0 Å². The van der Waals surface area contributed by atoms with Gasteiger partial charge in [0.05, 0.1) is 10.6 Å². The molecule has 0 bridgehead atoms. The van der Waals surface area contributed by atoms with E-state index in [4.69, 9.17) is 16.3 Å². The Morgan fingerprint density at radius 1 is 1.04 bits per heavy atom. The fraction of sp³-hybridized carbons (Fsp3) is 0.278. The van der Waals surface area contributed by atoms with E-state index in [1.165, 1.54) is 6.07 Å². The van der Waals surface area contributed by atoms with Gasteiger partial charge in [0.15, 0.2) is 17.2 Å². The molecular formula is C18H16ClF3N4O. The molecule has 0 aliphatic heterocycles. The SMILES string of the molecule is Cn1c(-c2ccccc2Cl)nnc1C(C)(C)Oc1ccc(C(F)(F)F)cn1. The first kappa shape index (κ1) is 19.2. The molecule has 27 heavy (non-hydrogen) atoms. The van der Waals surface area contributed by atoms with Crippen molar-refractivity contribution >= 4 is 11.6 Å². The largest absolute Gasteiger partial charge is 0.463 e.